The quantitative estimate of drug-likeness (QED) is 0.873. The SMILES string of the molecule is CCCNC1CCCCc2c1cnn2-c1nccs1. The number of nitrogens with zero attached hydrogens (tertiary/aromatic N) is 3. The molecule has 1 atom stereocenters. The average Bonchev–Trinajstić information content (AvgIpc) is 3.03. The predicted molar refractivity (Wildman–Crippen MR) is 77.8 cm³/mol. The third-order valence-corrected chi connectivity index (χ3v) is 4.42. The summed E-state index contributed by atoms with van der Waals surface area (Å²) >= 11 is 1.65. The standard InChI is InChI=1S/C14H20N4S/c1-2-7-15-12-5-3-4-6-13-11(12)10-17-18(13)14-16-8-9-19-14/h8-10,12,15H,2-7H2,1H3. The molecular weight excluding hydrogens is 256 g/mol. The van der Waals surface area contributed by atoms with Crippen LogP contribution in [-0.2, 0) is 6.42 Å². The van der Waals surface area contributed by atoms with E-state index in [0.29, 0.717) is 6.04 Å². The Hall–Kier alpha value is -1.20. The van der Waals surface area contributed by atoms with Crippen LogP contribution in [0.1, 0.15) is 49.9 Å². The summed E-state index contributed by atoms with van der Waals surface area (Å²) in [6, 6.07) is 0.464. The number of nitrogens with one attached hydrogen (secondary N) is 1. The van der Waals surface area contributed by atoms with Crippen LogP contribution < -0.4 is 5.32 Å². The van der Waals surface area contributed by atoms with Crippen molar-refractivity contribution in [1.82, 2.24) is 20.1 Å². The van der Waals surface area contributed by atoms with Crippen molar-refractivity contribution >= 4 is 11.3 Å². The van der Waals surface area contributed by atoms with E-state index in [2.05, 4.69) is 22.3 Å². The molecule has 0 aromatic carbocycles. The van der Waals surface area contributed by atoms with E-state index in [1.165, 1.54) is 36.9 Å². The lowest BCUT2D eigenvalue weighted by atomic mass is 10.1. The molecule has 2 aromatic heterocycles. The third kappa shape index (κ3) is 2.58. The highest BCUT2D eigenvalue weighted by atomic mass is 32.1. The highest BCUT2D eigenvalue weighted by molar-refractivity contribution is 7.12. The van der Waals surface area contributed by atoms with Crippen LogP contribution in [0.4, 0.5) is 0 Å². The Balaban J connectivity index is 1.93. The smallest absolute Gasteiger partial charge is 0.210 e. The molecule has 19 heavy (non-hydrogen) atoms. The Morgan fingerprint density at radius 3 is 3.21 bits per heavy atom. The van der Waals surface area contributed by atoms with Gasteiger partial charge in [0.05, 0.1) is 11.9 Å². The number of aromatic nitrogens is 3. The van der Waals surface area contributed by atoms with Crippen molar-refractivity contribution in [3.63, 3.8) is 0 Å². The van der Waals surface area contributed by atoms with Gasteiger partial charge in [-0.3, -0.25) is 0 Å². The van der Waals surface area contributed by atoms with Crippen LogP contribution >= 0.6 is 11.3 Å². The lowest BCUT2D eigenvalue weighted by molar-refractivity contribution is 0.489. The Morgan fingerprint density at radius 1 is 1.47 bits per heavy atom. The van der Waals surface area contributed by atoms with Crippen molar-refractivity contribution in [2.75, 3.05) is 6.54 Å². The molecule has 0 radical (unpaired) electrons. The van der Waals surface area contributed by atoms with Crippen LogP contribution in [0.2, 0.25) is 0 Å². The molecule has 0 aliphatic heterocycles. The minimum absolute atomic E-state index is 0.464. The summed E-state index contributed by atoms with van der Waals surface area (Å²) in [7, 11) is 0. The first-order valence-corrected chi connectivity index (χ1v) is 7.98. The summed E-state index contributed by atoms with van der Waals surface area (Å²) in [6.45, 7) is 3.29. The second-order valence-corrected chi connectivity index (χ2v) is 5.90. The molecule has 0 fully saturated rings. The van der Waals surface area contributed by atoms with E-state index >= 15 is 0 Å². The van der Waals surface area contributed by atoms with Crippen LogP contribution in [0.5, 0.6) is 0 Å². The minimum atomic E-state index is 0.464. The molecule has 102 valence electrons. The van der Waals surface area contributed by atoms with Gasteiger partial charge in [0.15, 0.2) is 0 Å². The van der Waals surface area contributed by atoms with Crippen molar-refractivity contribution < 1.29 is 0 Å². The summed E-state index contributed by atoms with van der Waals surface area (Å²) in [5.41, 5.74) is 2.72. The molecule has 0 amide bonds. The predicted octanol–water partition coefficient (Wildman–Crippen LogP) is 3.10. The Labute approximate surface area is 117 Å². The van der Waals surface area contributed by atoms with Gasteiger partial charge in [0.1, 0.15) is 0 Å². The molecule has 1 aliphatic rings. The molecule has 2 aromatic rings. The molecule has 0 bridgehead atoms. The largest absolute Gasteiger partial charge is 0.310 e. The second-order valence-electron chi connectivity index (χ2n) is 5.03. The number of fused-ring (bicyclic) bond motifs is 1. The lowest BCUT2D eigenvalue weighted by Gasteiger charge is -2.16. The number of hydrogen-bond acceptors (Lipinski definition) is 4. The second kappa shape index (κ2) is 5.84. The third-order valence-electron chi connectivity index (χ3n) is 3.67. The average molecular weight is 276 g/mol. The molecule has 1 N–H and O–H groups in total. The molecule has 0 spiro atoms. The van der Waals surface area contributed by atoms with E-state index in [-0.39, 0.29) is 0 Å². The lowest BCUT2D eigenvalue weighted by Crippen LogP contribution is -2.22. The topological polar surface area (TPSA) is 42.7 Å². The van der Waals surface area contributed by atoms with Crippen molar-refractivity contribution in [3.8, 4) is 5.13 Å². The number of hydrogen-bond donors (Lipinski definition) is 1. The van der Waals surface area contributed by atoms with Gasteiger partial charge in [0.25, 0.3) is 0 Å². The van der Waals surface area contributed by atoms with Gasteiger partial charge >= 0.3 is 0 Å². The van der Waals surface area contributed by atoms with E-state index in [1.807, 2.05) is 22.5 Å². The summed E-state index contributed by atoms with van der Waals surface area (Å²) in [6.07, 6.45) is 9.91. The van der Waals surface area contributed by atoms with Crippen molar-refractivity contribution in [1.29, 1.82) is 0 Å². The zero-order valence-corrected chi connectivity index (χ0v) is 12.1. The first-order chi connectivity index (χ1) is 9.40. The summed E-state index contributed by atoms with van der Waals surface area (Å²) in [5, 5.41) is 11.2. The maximum atomic E-state index is 4.56. The molecule has 3 rings (SSSR count). The van der Waals surface area contributed by atoms with Crippen LogP contribution in [0.15, 0.2) is 17.8 Å². The molecule has 2 heterocycles. The van der Waals surface area contributed by atoms with E-state index < -0.39 is 0 Å². The van der Waals surface area contributed by atoms with Crippen LogP contribution in [0, 0.1) is 0 Å². The van der Waals surface area contributed by atoms with E-state index in [1.54, 1.807) is 11.3 Å². The van der Waals surface area contributed by atoms with Gasteiger partial charge in [-0.25, -0.2) is 9.67 Å². The highest BCUT2D eigenvalue weighted by Crippen LogP contribution is 2.30. The summed E-state index contributed by atoms with van der Waals surface area (Å²) < 4.78 is 2.03. The fourth-order valence-corrected chi connectivity index (χ4v) is 3.36. The molecule has 1 aliphatic carbocycles. The Kier molecular flexibility index (Phi) is 3.94. The Bertz CT molecular complexity index is 518. The zero-order chi connectivity index (χ0) is 13.1. The fourth-order valence-electron chi connectivity index (χ4n) is 2.74. The van der Waals surface area contributed by atoms with Gasteiger partial charge in [-0.1, -0.05) is 13.3 Å². The van der Waals surface area contributed by atoms with Gasteiger partial charge in [-0.05, 0) is 32.2 Å². The van der Waals surface area contributed by atoms with Crippen LogP contribution in [0.25, 0.3) is 5.13 Å². The zero-order valence-electron chi connectivity index (χ0n) is 11.3. The molecule has 5 heteroatoms. The van der Waals surface area contributed by atoms with E-state index in [9.17, 15) is 0 Å². The van der Waals surface area contributed by atoms with Crippen molar-refractivity contribution in [2.45, 2.75) is 45.1 Å². The molecular formula is C14H20N4S. The monoisotopic (exact) mass is 276 g/mol. The van der Waals surface area contributed by atoms with Crippen molar-refractivity contribution in [2.24, 2.45) is 0 Å². The maximum Gasteiger partial charge on any atom is 0.210 e. The number of thiazole rings is 1. The van der Waals surface area contributed by atoms with Gasteiger partial charge in [-0.15, -0.1) is 11.3 Å². The Morgan fingerprint density at radius 2 is 2.42 bits per heavy atom. The van der Waals surface area contributed by atoms with Gasteiger partial charge in [0, 0.05) is 23.2 Å². The van der Waals surface area contributed by atoms with E-state index in [4.69, 9.17) is 0 Å². The molecule has 0 saturated carbocycles. The van der Waals surface area contributed by atoms with Gasteiger partial charge in [-0.2, -0.15) is 5.10 Å². The van der Waals surface area contributed by atoms with Crippen molar-refractivity contribution in [3.05, 3.63) is 29.0 Å². The highest BCUT2D eigenvalue weighted by Gasteiger charge is 2.23. The van der Waals surface area contributed by atoms with Gasteiger partial charge < -0.3 is 5.32 Å². The summed E-state index contributed by atoms with van der Waals surface area (Å²) in [5.74, 6) is 0. The molecule has 1 unspecified atom stereocenters. The minimum Gasteiger partial charge on any atom is -0.310 e. The first-order valence-electron chi connectivity index (χ1n) is 7.10. The molecule has 4 nitrogen and oxygen atoms in total. The summed E-state index contributed by atoms with van der Waals surface area (Å²) in [4.78, 5) is 4.38. The number of rotatable bonds is 4. The van der Waals surface area contributed by atoms with Crippen LogP contribution in [-0.4, -0.2) is 21.3 Å². The normalized spacial score (nSPS) is 19.1. The van der Waals surface area contributed by atoms with E-state index in [0.717, 1.165) is 18.1 Å². The maximum absolute atomic E-state index is 4.56. The molecule has 0 saturated heterocycles. The van der Waals surface area contributed by atoms with Crippen LogP contribution in [0.3, 0.4) is 0 Å². The van der Waals surface area contributed by atoms with Gasteiger partial charge in [0.2, 0.25) is 5.13 Å². The first kappa shape index (κ1) is 12.8. The fraction of sp³-hybridized carbons (Fsp3) is 0.571.